The summed E-state index contributed by atoms with van der Waals surface area (Å²) in [4.78, 5) is 24.1. The molecule has 3 aromatic rings. The highest BCUT2D eigenvalue weighted by Gasteiger charge is 2.17. The molecule has 0 spiro atoms. The number of nitriles is 2. The lowest BCUT2D eigenvalue weighted by atomic mass is 10.1. The molecule has 1 amide bonds. The maximum Gasteiger partial charge on any atom is 0.337 e. The van der Waals surface area contributed by atoms with Crippen molar-refractivity contribution < 1.29 is 19.4 Å². The number of rotatable bonds is 8. The summed E-state index contributed by atoms with van der Waals surface area (Å²) in [6.07, 6.45) is 3.27. The van der Waals surface area contributed by atoms with E-state index in [2.05, 4.69) is 16.5 Å². The quantitative estimate of drug-likeness (QED) is 0.401. The summed E-state index contributed by atoms with van der Waals surface area (Å²) in [6, 6.07) is 16.9. The number of methoxy groups -OCH3 is 1. The van der Waals surface area contributed by atoms with Crippen LogP contribution in [-0.4, -0.2) is 33.9 Å². The van der Waals surface area contributed by atoms with Crippen molar-refractivity contribution in [3.63, 3.8) is 0 Å². The number of nitrogens with zero attached hydrogens (tertiary/aromatic N) is 4. The summed E-state index contributed by atoms with van der Waals surface area (Å²) >= 11 is 0. The summed E-state index contributed by atoms with van der Waals surface area (Å²) in [7, 11) is 1.56. The molecule has 0 atom stereocenters. The van der Waals surface area contributed by atoms with Gasteiger partial charge in [-0.3, -0.25) is 9.48 Å². The molecule has 33 heavy (non-hydrogen) atoms. The van der Waals surface area contributed by atoms with Gasteiger partial charge in [-0.05, 0) is 42.5 Å². The van der Waals surface area contributed by atoms with Crippen LogP contribution in [0, 0.1) is 22.7 Å². The van der Waals surface area contributed by atoms with E-state index < -0.39 is 11.9 Å². The van der Waals surface area contributed by atoms with Crippen molar-refractivity contribution in [3.8, 4) is 29.1 Å². The number of carboxylic acid groups (broad SMARTS) is 1. The van der Waals surface area contributed by atoms with Crippen LogP contribution in [0.5, 0.6) is 5.75 Å². The third kappa shape index (κ3) is 5.43. The van der Waals surface area contributed by atoms with Crippen LogP contribution in [0.3, 0.4) is 0 Å². The number of aryl methyl sites for hydroxylation is 1. The van der Waals surface area contributed by atoms with Crippen molar-refractivity contribution in [2.45, 2.75) is 13.0 Å². The van der Waals surface area contributed by atoms with Crippen molar-refractivity contribution in [2.75, 3.05) is 12.4 Å². The Morgan fingerprint density at radius 1 is 1.18 bits per heavy atom. The molecule has 2 N–H and O–H groups in total. The molecule has 164 valence electrons. The molecule has 1 heterocycles. The first kappa shape index (κ1) is 22.8. The minimum Gasteiger partial charge on any atom is -0.497 e. The molecule has 0 saturated carbocycles. The number of amides is 1. The number of carbonyl (C=O) groups is 2. The van der Waals surface area contributed by atoms with E-state index >= 15 is 0 Å². The van der Waals surface area contributed by atoms with E-state index in [1.54, 1.807) is 48.3 Å². The smallest absolute Gasteiger partial charge is 0.337 e. The number of para-hydroxylation sites is 1. The van der Waals surface area contributed by atoms with Gasteiger partial charge in [0, 0.05) is 17.3 Å². The summed E-state index contributed by atoms with van der Waals surface area (Å²) in [6.45, 7) is 0.341. The zero-order chi connectivity index (χ0) is 23.8. The number of aromatic carboxylic acids is 1. The second-order valence-electron chi connectivity index (χ2n) is 6.81. The molecule has 9 heteroatoms. The Balaban J connectivity index is 1.99. The van der Waals surface area contributed by atoms with Crippen molar-refractivity contribution in [1.29, 1.82) is 10.5 Å². The van der Waals surface area contributed by atoms with E-state index in [1.807, 2.05) is 6.07 Å². The number of hydrogen-bond donors (Lipinski definition) is 2. The van der Waals surface area contributed by atoms with E-state index in [4.69, 9.17) is 10.00 Å². The first-order chi connectivity index (χ1) is 16.0. The lowest BCUT2D eigenvalue weighted by Crippen LogP contribution is -2.16. The van der Waals surface area contributed by atoms with Gasteiger partial charge in [-0.25, -0.2) is 4.79 Å². The van der Waals surface area contributed by atoms with E-state index in [-0.39, 0.29) is 23.2 Å². The molecule has 0 saturated heterocycles. The highest BCUT2D eigenvalue weighted by molar-refractivity contribution is 6.12. The van der Waals surface area contributed by atoms with Gasteiger partial charge in [0.05, 0.1) is 43.1 Å². The number of aromatic nitrogens is 2. The standard InChI is InChI=1S/C24H19N5O4/c1-33-19-9-7-16(8-10-19)22-18(15-29(28-22)12-4-11-25)13-17(14-26)23(30)27-21-6-3-2-5-20(21)24(31)32/h2-3,5-10,13,15H,4,12H2,1H3,(H,27,30)(H,31,32)/b17-13-. The van der Waals surface area contributed by atoms with Gasteiger partial charge < -0.3 is 15.2 Å². The van der Waals surface area contributed by atoms with Crippen LogP contribution >= 0.6 is 0 Å². The van der Waals surface area contributed by atoms with Crippen molar-refractivity contribution in [3.05, 3.63) is 71.4 Å². The van der Waals surface area contributed by atoms with Crippen LogP contribution in [0.1, 0.15) is 22.3 Å². The number of benzene rings is 2. The highest BCUT2D eigenvalue weighted by Crippen LogP contribution is 2.27. The van der Waals surface area contributed by atoms with Gasteiger partial charge in [0.15, 0.2) is 0 Å². The molecule has 3 rings (SSSR count). The molecule has 2 aromatic carbocycles. The summed E-state index contributed by atoms with van der Waals surface area (Å²) < 4.78 is 6.75. The lowest BCUT2D eigenvalue weighted by Gasteiger charge is -2.07. The molecular formula is C24H19N5O4. The van der Waals surface area contributed by atoms with E-state index in [1.165, 1.54) is 24.3 Å². The maximum absolute atomic E-state index is 12.8. The molecule has 0 radical (unpaired) electrons. The first-order valence-corrected chi connectivity index (χ1v) is 9.81. The number of carboxylic acids is 1. The summed E-state index contributed by atoms with van der Waals surface area (Å²) in [5.74, 6) is -1.29. The molecule has 0 bridgehead atoms. The Bertz CT molecular complexity index is 1290. The first-order valence-electron chi connectivity index (χ1n) is 9.81. The summed E-state index contributed by atoms with van der Waals surface area (Å²) in [5, 5.41) is 34.8. The molecule has 0 fully saturated rings. The Labute approximate surface area is 189 Å². The zero-order valence-corrected chi connectivity index (χ0v) is 17.6. The van der Waals surface area contributed by atoms with Gasteiger partial charge in [0.1, 0.15) is 17.4 Å². The lowest BCUT2D eigenvalue weighted by molar-refractivity contribution is -0.112. The number of anilines is 1. The number of carbonyl (C=O) groups excluding carboxylic acids is 1. The van der Waals surface area contributed by atoms with Crippen LogP contribution in [0.15, 0.2) is 60.3 Å². The zero-order valence-electron chi connectivity index (χ0n) is 17.6. The SMILES string of the molecule is COc1ccc(-c2nn(CCC#N)cc2/C=C(/C#N)C(=O)Nc2ccccc2C(=O)O)cc1. The molecule has 0 aliphatic carbocycles. The van der Waals surface area contributed by atoms with E-state index in [9.17, 15) is 20.0 Å². The molecular weight excluding hydrogens is 422 g/mol. The normalized spacial score (nSPS) is 10.7. The van der Waals surface area contributed by atoms with Gasteiger partial charge in [0.2, 0.25) is 0 Å². The molecule has 0 unspecified atom stereocenters. The maximum atomic E-state index is 12.8. The van der Waals surface area contributed by atoms with Crippen LogP contribution in [0.4, 0.5) is 5.69 Å². The van der Waals surface area contributed by atoms with Crippen molar-refractivity contribution in [2.24, 2.45) is 0 Å². The topological polar surface area (TPSA) is 141 Å². The number of hydrogen-bond acceptors (Lipinski definition) is 6. The van der Waals surface area contributed by atoms with E-state index in [0.717, 1.165) is 5.56 Å². The van der Waals surface area contributed by atoms with Gasteiger partial charge in [-0.2, -0.15) is 15.6 Å². The van der Waals surface area contributed by atoms with Crippen LogP contribution < -0.4 is 10.1 Å². The molecule has 0 aliphatic rings. The average Bonchev–Trinajstić information content (AvgIpc) is 3.23. The number of ether oxygens (including phenoxy) is 1. The largest absolute Gasteiger partial charge is 0.497 e. The van der Waals surface area contributed by atoms with Crippen LogP contribution in [0.2, 0.25) is 0 Å². The average molecular weight is 441 g/mol. The van der Waals surface area contributed by atoms with Gasteiger partial charge >= 0.3 is 5.97 Å². The second-order valence-corrected chi connectivity index (χ2v) is 6.81. The third-order valence-corrected chi connectivity index (χ3v) is 4.68. The fourth-order valence-corrected chi connectivity index (χ4v) is 3.07. The van der Waals surface area contributed by atoms with Crippen LogP contribution in [-0.2, 0) is 11.3 Å². The Morgan fingerprint density at radius 2 is 1.91 bits per heavy atom. The Morgan fingerprint density at radius 3 is 2.55 bits per heavy atom. The highest BCUT2D eigenvalue weighted by atomic mass is 16.5. The minimum absolute atomic E-state index is 0.0799. The Kier molecular flexibility index (Phi) is 7.20. The molecule has 1 aromatic heterocycles. The van der Waals surface area contributed by atoms with Crippen LogP contribution in [0.25, 0.3) is 17.3 Å². The fraction of sp³-hybridized carbons (Fsp3) is 0.125. The van der Waals surface area contributed by atoms with Crippen molar-refractivity contribution in [1.82, 2.24) is 9.78 Å². The summed E-state index contributed by atoms with van der Waals surface area (Å²) in [5.41, 5.74) is 1.50. The molecule has 0 aliphatic heterocycles. The predicted octanol–water partition coefficient (Wildman–Crippen LogP) is 3.72. The van der Waals surface area contributed by atoms with Gasteiger partial charge in [-0.1, -0.05) is 12.1 Å². The van der Waals surface area contributed by atoms with E-state index in [0.29, 0.717) is 23.6 Å². The second kappa shape index (κ2) is 10.4. The predicted molar refractivity (Wildman–Crippen MR) is 120 cm³/mol. The Hall–Kier alpha value is -4.89. The minimum atomic E-state index is -1.20. The van der Waals surface area contributed by atoms with Gasteiger partial charge in [0.25, 0.3) is 5.91 Å². The number of nitrogens with one attached hydrogen (secondary N) is 1. The monoisotopic (exact) mass is 441 g/mol. The third-order valence-electron chi connectivity index (χ3n) is 4.68. The fourth-order valence-electron chi connectivity index (χ4n) is 3.07. The molecule has 9 nitrogen and oxygen atoms in total. The van der Waals surface area contributed by atoms with Gasteiger partial charge in [-0.15, -0.1) is 0 Å². The van der Waals surface area contributed by atoms with Crippen molar-refractivity contribution >= 4 is 23.6 Å².